The number of aliphatic hydroxyl groups excluding tert-OH is 2. The molecule has 2 atom stereocenters. The highest BCUT2D eigenvalue weighted by molar-refractivity contribution is 5.95. The van der Waals surface area contributed by atoms with Crippen LogP contribution in [0.2, 0.25) is 0 Å². The molecule has 4 N–H and O–H groups in total. The predicted molar refractivity (Wildman–Crippen MR) is 113 cm³/mol. The molecule has 2 fully saturated rings. The number of β-amino-alcohol motifs (C(OH)–C–C–N with tert-alkyl or cyclic N) is 2. The van der Waals surface area contributed by atoms with Crippen molar-refractivity contribution in [3.05, 3.63) is 65.2 Å². The van der Waals surface area contributed by atoms with Gasteiger partial charge < -0.3 is 25.7 Å². The normalized spacial score (nSPS) is 22.9. The third-order valence-corrected chi connectivity index (χ3v) is 6.16. The van der Waals surface area contributed by atoms with Crippen molar-refractivity contribution in [2.24, 2.45) is 5.73 Å². The molecule has 2 aliphatic rings. The van der Waals surface area contributed by atoms with Crippen molar-refractivity contribution >= 4 is 11.6 Å². The minimum atomic E-state index is -0.744. The quantitative estimate of drug-likeness (QED) is 0.733. The lowest BCUT2D eigenvalue weighted by Crippen LogP contribution is -2.38. The van der Waals surface area contributed by atoms with Crippen molar-refractivity contribution in [3.8, 4) is 0 Å². The van der Waals surface area contributed by atoms with E-state index in [1.165, 1.54) is 5.56 Å². The van der Waals surface area contributed by atoms with Gasteiger partial charge >= 0.3 is 0 Å². The third-order valence-electron chi connectivity index (χ3n) is 6.16. The van der Waals surface area contributed by atoms with Gasteiger partial charge in [-0.2, -0.15) is 0 Å². The Bertz CT molecular complexity index is 854. The second-order valence-electron chi connectivity index (χ2n) is 8.11. The van der Waals surface area contributed by atoms with Gasteiger partial charge in [0.05, 0.1) is 12.2 Å². The van der Waals surface area contributed by atoms with Crippen molar-refractivity contribution in [2.45, 2.75) is 37.5 Å². The molecule has 29 heavy (non-hydrogen) atoms. The van der Waals surface area contributed by atoms with Gasteiger partial charge in [0.2, 0.25) is 0 Å². The molecule has 0 radical (unpaired) electrons. The number of carbonyl (C=O) groups excluding carboxylic acids is 1. The molecular weight excluding hydrogens is 366 g/mol. The fraction of sp³-hybridized carbons (Fsp3) is 0.435. The van der Waals surface area contributed by atoms with Crippen LogP contribution in [-0.4, -0.2) is 59.4 Å². The number of nitrogens with zero attached hydrogens (tertiary/aromatic N) is 2. The van der Waals surface area contributed by atoms with E-state index in [9.17, 15) is 15.0 Å². The average Bonchev–Trinajstić information content (AvgIpc) is 3.12. The second kappa shape index (κ2) is 8.53. The van der Waals surface area contributed by atoms with Crippen LogP contribution in [0, 0.1) is 0 Å². The number of hydrogen-bond donors (Lipinski definition) is 3. The average molecular weight is 396 g/mol. The summed E-state index contributed by atoms with van der Waals surface area (Å²) in [6.45, 7) is 2.79. The monoisotopic (exact) mass is 395 g/mol. The summed E-state index contributed by atoms with van der Waals surface area (Å²) in [5.74, 6) is 0.505. The van der Waals surface area contributed by atoms with E-state index in [2.05, 4.69) is 18.2 Å². The van der Waals surface area contributed by atoms with Crippen molar-refractivity contribution in [2.75, 3.05) is 31.1 Å². The summed E-state index contributed by atoms with van der Waals surface area (Å²) in [5, 5.41) is 19.6. The molecule has 6 nitrogen and oxygen atoms in total. The van der Waals surface area contributed by atoms with E-state index >= 15 is 0 Å². The van der Waals surface area contributed by atoms with Crippen LogP contribution in [0.3, 0.4) is 0 Å². The van der Waals surface area contributed by atoms with E-state index in [0.29, 0.717) is 31.1 Å². The van der Waals surface area contributed by atoms with Crippen LogP contribution in [0.1, 0.15) is 40.2 Å². The molecule has 1 amide bonds. The Morgan fingerprint density at radius 1 is 1.00 bits per heavy atom. The fourth-order valence-corrected chi connectivity index (χ4v) is 4.39. The number of piperidine rings is 1. The van der Waals surface area contributed by atoms with Crippen LogP contribution < -0.4 is 10.6 Å². The standard InChI is InChI=1S/C23H29N3O3/c24-13-16-3-1-4-18(11-16)17-7-9-25(10-8-17)23(29)19-5-2-6-20(12-19)26-14-21(27)22(28)15-26/h1-6,11-12,17,21-22,27-28H,7-10,13-15,24H2/t21-,22+. The Morgan fingerprint density at radius 2 is 1.69 bits per heavy atom. The van der Waals surface area contributed by atoms with E-state index < -0.39 is 12.2 Å². The van der Waals surface area contributed by atoms with Crippen LogP contribution in [-0.2, 0) is 6.54 Å². The van der Waals surface area contributed by atoms with Crippen molar-refractivity contribution in [1.29, 1.82) is 0 Å². The van der Waals surface area contributed by atoms with E-state index in [-0.39, 0.29) is 5.91 Å². The first kappa shape index (κ1) is 19.9. The summed E-state index contributed by atoms with van der Waals surface area (Å²) in [7, 11) is 0. The summed E-state index contributed by atoms with van der Waals surface area (Å²) in [4.78, 5) is 16.9. The highest BCUT2D eigenvalue weighted by Crippen LogP contribution is 2.30. The number of nitrogens with two attached hydrogens (primary N) is 1. The summed E-state index contributed by atoms with van der Waals surface area (Å²) < 4.78 is 0. The molecule has 0 spiro atoms. The van der Waals surface area contributed by atoms with Crippen molar-refractivity contribution < 1.29 is 15.0 Å². The zero-order valence-corrected chi connectivity index (χ0v) is 16.6. The third kappa shape index (κ3) is 4.29. The van der Waals surface area contributed by atoms with Gasteiger partial charge in [0.25, 0.3) is 5.91 Å². The number of rotatable bonds is 4. The number of aliphatic hydroxyl groups is 2. The summed E-state index contributed by atoms with van der Waals surface area (Å²) in [6, 6.07) is 15.9. The molecule has 0 bridgehead atoms. The van der Waals surface area contributed by atoms with E-state index in [1.807, 2.05) is 40.1 Å². The number of anilines is 1. The first-order valence-corrected chi connectivity index (χ1v) is 10.3. The predicted octanol–water partition coefficient (Wildman–Crippen LogP) is 1.71. The maximum absolute atomic E-state index is 13.0. The smallest absolute Gasteiger partial charge is 0.253 e. The van der Waals surface area contributed by atoms with Gasteiger partial charge in [-0.1, -0.05) is 30.3 Å². The number of amides is 1. The molecule has 2 saturated heterocycles. The fourth-order valence-electron chi connectivity index (χ4n) is 4.39. The number of carbonyl (C=O) groups is 1. The molecule has 0 unspecified atom stereocenters. The lowest BCUT2D eigenvalue weighted by molar-refractivity contribution is 0.0572. The zero-order valence-electron chi connectivity index (χ0n) is 16.6. The topological polar surface area (TPSA) is 90.0 Å². The van der Waals surface area contributed by atoms with E-state index in [4.69, 9.17) is 5.73 Å². The van der Waals surface area contributed by atoms with Gasteiger partial charge in [-0.3, -0.25) is 4.79 Å². The van der Waals surface area contributed by atoms with Crippen LogP contribution in [0.4, 0.5) is 5.69 Å². The van der Waals surface area contributed by atoms with Crippen LogP contribution >= 0.6 is 0 Å². The lowest BCUT2D eigenvalue weighted by atomic mass is 9.88. The SMILES string of the molecule is NCc1cccc(C2CCN(C(=O)c3cccc(N4C[C@@H](O)[C@@H](O)C4)c3)CC2)c1. The van der Waals surface area contributed by atoms with Gasteiger partial charge in [-0.05, 0) is 48.1 Å². The number of hydrogen-bond acceptors (Lipinski definition) is 5. The van der Waals surface area contributed by atoms with Crippen molar-refractivity contribution in [3.63, 3.8) is 0 Å². The summed E-state index contributed by atoms with van der Waals surface area (Å²) in [6.07, 6.45) is 0.408. The largest absolute Gasteiger partial charge is 0.389 e. The molecule has 4 rings (SSSR count). The van der Waals surface area contributed by atoms with Gasteiger partial charge in [0.15, 0.2) is 0 Å². The highest BCUT2D eigenvalue weighted by Gasteiger charge is 2.30. The molecule has 0 saturated carbocycles. The summed E-state index contributed by atoms with van der Waals surface area (Å²) >= 11 is 0. The van der Waals surface area contributed by atoms with Crippen LogP contribution in [0.5, 0.6) is 0 Å². The second-order valence-corrected chi connectivity index (χ2v) is 8.11. The molecule has 2 aliphatic heterocycles. The van der Waals surface area contributed by atoms with E-state index in [1.54, 1.807) is 0 Å². The Kier molecular flexibility index (Phi) is 5.85. The van der Waals surface area contributed by atoms with Crippen LogP contribution in [0.15, 0.2) is 48.5 Å². The zero-order chi connectivity index (χ0) is 20.4. The van der Waals surface area contributed by atoms with Gasteiger partial charge in [0.1, 0.15) is 0 Å². The molecular formula is C23H29N3O3. The molecule has 0 aliphatic carbocycles. The van der Waals surface area contributed by atoms with Crippen LogP contribution in [0.25, 0.3) is 0 Å². The number of benzene rings is 2. The minimum absolute atomic E-state index is 0.0429. The molecule has 2 heterocycles. The number of likely N-dealkylation sites (tertiary alicyclic amines) is 1. The first-order chi connectivity index (χ1) is 14.0. The molecule has 154 valence electrons. The molecule has 2 aromatic rings. The Labute approximate surface area is 171 Å². The van der Waals surface area contributed by atoms with E-state index in [0.717, 1.165) is 37.2 Å². The highest BCUT2D eigenvalue weighted by atomic mass is 16.3. The maximum atomic E-state index is 13.0. The molecule has 6 heteroatoms. The van der Waals surface area contributed by atoms with Crippen molar-refractivity contribution in [1.82, 2.24) is 4.90 Å². The maximum Gasteiger partial charge on any atom is 0.253 e. The minimum Gasteiger partial charge on any atom is -0.389 e. The van der Waals surface area contributed by atoms with Gasteiger partial charge in [-0.15, -0.1) is 0 Å². The Balaban J connectivity index is 1.40. The Hall–Kier alpha value is -2.41. The first-order valence-electron chi connectivity index (χ1n) is 10.3. The molecule has 2 aromatic carbocycles. The molecule has 0 aromatic heterocycles. The summed E-state index contributed by atoms with van der Waals surface area (Å²) in [5.41, 5.74) is 9.74. The van der Waals surface area contributed by atoms with Gasteiger partial charge in [-0.25, -0.2) is 0 Å². The Morgan fingerprint density at radius 3 is 2.38 bits per heavy atom. The lowest BCUT2D eigenvalue weighted by Gasteiger charge is -2.32. The van der Waals surface area contributed by atoms with Gasteiger partial charge in [0, 0.05) is 44.0 Å².